The quantitative estimate of drug-likeness (QED) is 0.880. The first-order valence-electron chi connectivity index (χ1n) is 5.91. The van der Waals surface area contributed by atoms with Gasteiger partial charge in [0.05, 0.1) is 5.56 Å². The number of benzene rings is 2. The molecule has 2 rings (SSSR count). The van der Waals surface area contributed by atoms with Crippen molar-refractivity contribution in [3.05, 3.63) is 65.5 Å². The topological polar surface area (TPSA) is 49.3 Å². The molecule has 0 fully saturated rings. The van der Waals surface area contributed by atoms with Gasteiger partial charge in [0.1, 0.15) is 5.82 Å². The third-order valence-corrected chi connectivity index (χ3v) is 2.86. The number of carbonyl (C=O) groups is 1. The first-order valence-corrected chi connectivity index (χ1v) is 5.91. The largest absolute Gasteiger partial charge is 0.478 e. The molecule has 0 saturated carbocycles. The van der Waals surface area contributed by atoms with E-state index in [-0.39, 0.29) is 17.4 Å². The van der Waals surface area contributed by atoms with Crippen molar-refractivity contribution in [1.29, 1.82) is 0 Å². The summed E-state index contributed by atoms with van der Waals surface area (Å²) in [6.45, 7) is 1.92. The lowest BCUT2D eigenvalue weighted by Gasteiger charge is -2.15. The third kappa shape index (κ3) is 3.31. The molecule has 2 N–H and O–H groups in total. The van der Waals surface area contributed by atoms with Gasteiger partial charge in [-0.05, 0) is 48.9 Å². The summed E-state index contributed by atoms with van der Waals surface area (Å²) in [4.78, 5) is 10.7. The number of hydrogen-bond acceptors (Lipinski definition) is 2. The summed E-state index contributed by atoms with van der Waals surface area (Å²) >= 11 is 0. The minimum atomic E-state index is -0.954. The van der Waals surface area contributed by atoms with Crippen LogP contribution in [0.25, 0.3) is 0 Å². The average molecular weight is 259 g/mol. The third-order valence-electron chi connectivity index (χ3n) is 2.86. The maximum Gasteiger partial charge on any atom is 0.335 e. The van der Waals surface area contributed by atoms with E-state index >= 15 is 0 Å². The standard InChI is InChI=1S/C15H14FNO2/c1-10(12-3-2-4-13(16)9-12)17-14-7-5-11(6-8-14)15(18)19/h2-10,17H,1H3,(H,18,19). The van der Waals surface area contributed by atoms with E-state index in [0.717, 1.165) is 11.3 Å². The molecule has 3 nitrogen and oxygen atoms in total. The summed E-state index contributed by atoms with van der Waals surface area (Å²) in [6, 6.07) is 12.8. The molecule has 1 atom stereocenters. The highest BCUT2D eigenvalue weighted by Crippen LogP contribution is 2.20. The summed E-state index contributed by atoms with van der Waals surface area (Å²) in [6.07, 6.45) is 0. The Balaban J connectivity index is 2.10. The lowest BCUT2D eigenvalue weighted by molar-refractivity contribution is 0.0697. The Morgan fingerprint density at radius 3 is 2.47 bits per heavy atom. The highest BCUT2D eigenvalue weighted by Gasteiger charge is 2.07. The molecule has 0 aliphatic heterocycles. The molecule has 0 amide bonds. The van der Waals surface area contributed by atoms with Crippen molar-refractivity contribution in [3.63, 3.8) is 0 Å². The molecule has 2 aromatic carbocycles. The number of rotatable bonds is 4. The highest BCUT2D eigenvalue weighted by atomic mass is 19.1. The lowest BCUT2D eigenvalue weighted by Crippen LogP contribution is -2.07. The van der Waals surface area contributed by atoms with Crippen molar-refractivity contribution < 1.29 is 14.3 Å². The van der Waals surface area contributed by atoms with Gasteiger partial charge < -0.3 is 10.4 Å². The zero-order valence-electron chi connectivity index (χ0n) is 10.4. The van der Waals surface area contributed by atoms with Crippen LogP contribution in [0.2, 0.25) is 0 Å². The van der Waals surface area contributed by atoms with E-state index in [1.54, 1.807) is 18.2 Å². The molecule has 19 heavy (non-hydrogen) atoms. The number of carboxylic acid groups (broad SMARTS) is 1. The molecule has 98 valence electrons. The summed E-state index contributed by atoms with van der Waals surface area (Å²) in [5, 5.41) is 12.0. The van der Waals surface area contributed by atoms with Crippen molar-refractivity contribution >= 4 is 11.7 Å². The van der Waals surface area contributed by atoms with Crippen LogP contribution in [-0.2, 0) is 0 Å². The van der Waals surface area contributed by atoms with Crippen molar-refractivity contribution in [1.82, 2.24) is 0 Å². The van der Waals surface area contributed by atoms with E-state index in [0.29, 0.717) is 0 Å². The molecule has 0 aliphatic rings. The summed E-state index contributed by atoms with van der Waals surface area (Å²) < 4.78 is 13.1. The van der Waals surface area contributed by atoms with Gasteiger partial charge in [0.2, 0.25) is 0 Å². The molecular weight excluding hydrogens is 245 g/mol. The van der Waals surface area contributed by atoms with Gasteiger partial charge in [-0.25, -0.2) is 9.18 Å². The number of nitrogens with one attached hydrogen (secondary N) is 1. The van der Waals surface area contributed by atoms with Crippen molar-refractivity contribution in [3.8, 4) is 0 Å². The number of carboxylic acids is 1. The second kappa shape index (κ2) is 5.52. The van der Waals surface area contributed by atoms with E-state index in [2.05, 4.69) is 5.32 Å². The predicted molar refractivity (Wildman–Crippen MR) is 71.8 cm³/mol. The molecule has 4 heteroatoms. The van der Waals surface area contributed by atoms with E-state index in [1.807, 2.05) is 13.0 Å². The molecular formula is C15H14FNO2. The Labute approximate surface area is 110 Å². The Hall–Kier alpha value is -2.36. The van der Waals surface area contributed by atoms with Crippen LogP contribution < -0.4 is 5.32 Å². The fourth-order valence-corrected chi connectivity index (χ4v) is 1.82. The molecule has 0 spiro atoms. The maximum atomic E-state index is 13.1. The molecule has 1 unspecified atom stereocenters. The van der Waals surface area contributed by atoms with Gasteiger partial charge >= 0.3 is 5.97 Å². The normalized spacial score (nSPS) is 11.9. The fraction of sp³-hybridized carbons (Fsp3) is 0.133. The minimum Gasteiger partial charge on any atom is -0.478 e. The zero-order valence-corrected chi connectivity index (χ0v) is 10.4. The molecule has 0 heterocycles. The summed E-state index contributed by atoms with van der Waals surface area (Å²) in [7, 11) is 0. The Bertz CT molecular complexity index is 581. The Morgan fingerprint density at radius 1 is 1.21 bits per heavy atom. The van der Waals surface area contributed by atoms with Crippen LogP contribution in [0.1, 0.15) is 28.9 Å². The van der Waals surface area contributed by atoms with Crippen LogP contribution in [0.5, 0.6) is 0 Å². The van der Waals surface area contributed by atoms with Crippen LogP contribution >= 0.6 is 0 Å². The number of halogens is 1. The maximum absolute atomic E-state index is 13.1. The van der Waals surface area contributed by atoms with Gasteiger partial charge in [0.25, 0.3) is 0 Å². The van der Waals surface area contributed by atoms with Gasteiger partial charge in [0, 0.05) is 11.7 Å². The van der Waals surface area contributed by atoms with Crippen LogP contribution in [0.4, 0.5) is 10.1 Å². The number of anilines is 1. The van der Waals surface area contributed by atoms with E-state index in [9.17, 15) is 9.18 Å². The summed E-state index contributed by atoms with van der Waals surface area (Å²) in [5.74, 6) is -1.22. The van der Waals surface area contributed by atoms with Crippen LogP contribution in [0.3, 0.4) is 0 Å². The molecule has 0 bridgehead atoms. The number of aromatic carboxylic acids is 1. The second-order valence-electron chi connectivity index (χ2n) is 4.30. The average Bonchev–Trinajstić information content (AvgIpc) is 2.39. The smallest absolute Gasteiger partial charge is 0.335 e. The summed E-state index contributed by atoms with van der Waals surface area (Å²) in [5.41, 5.74) is 1.87. The lowest BCUT2D eigenvalue weighted by atomic mass is 10.1. The molecule has 0 saturated heterocycles. The second-order valence-corrected chi connectivity index (χ2v) is 4.30. The molecule has 0 aromatic heterocycles. The van der Waals surface area contributed by atoms with Crippen LogP contribution in [-0.4, -0.2) is 11.1 Å². The first kappa shape index (κ1) is 13.1. The van der Waals surface area contributed by atoms with Gasteiger partial charge in [-0.1, -0.05) is 12.1 Å². The Morgan fingerprint density at radius 2 is 1.89 bits per heavy atom. The zero-order chi connectivity index (χ0) is 13.8. The van der Waals surface area contributed by atoms with Gasteiger partial charge in [0.15, 0.2) is 0 Å². The van der Waals surface area contributed by atoms with Gasteiger partial charge in [-0.3, -0.25) is 0 Å². The number of hydrogen-bond donors (Lipinski definition) is 2. The van der Waals surface area contributed by atoms with Crippen molar-refractivity contribution in [2.75, 3.05) is 5.32 Å². The Kier molecular flexibility index (Phi) is 3.80. The van der Waals surface area contributed by atoms with Gasteiger partial charge in [-0.2, -0.15) is 0 Å². The van der Waals surface area contributed by atoms with Gasteiger partial charge in [-0.15, -0.1) is 0 Å². The highest BCUT2D eigenvalue weighted by molar-refractivity contribution is 5.88. The molecule has 0 aliphatic carbocycles. The van der Waals surface area contributed by atoms with E-state index in [4.69, 9.17) is 5.11 Å². The molecule has 0 radical (unpaired) electrons. The van der Waals surface area contributed by atoms with Crippen molar-refractivity contribution in [2.45, 2.75) is 13.0 Å². The predicted octanol–water partition coefficient (Wildman–Crippen LogP) is 3.70. The van der Waals surface area contributed by atoms with E-state index in [1.165, 1.54) is 24.3 Å². The minimum absolute atomic E-state index is 0.0635. The monoisotopic (exact) mass is 259 g/mol. The van der Waals surface area contributed by atoms with E-state index < -0.39 is 5.97 Å². The SMILES string of the molecule is CC(Nc1ccc(C(=O)O)cc1)c1cccc(F)c1. The molecule has 2 aromatic rings. The first-order chi connectivity index (χ1) is 9.06. The van der Waals surface area contributed by atoms with Crippen molar-refractivity contribution in [2.24, 2.45) is 0 Å². The van der Waals surface area contributed by atoms with Crippen LogP contribution in [0, 0.1) is 5.82 Å². The van der Waals surface area contributed by atoms with Crippen LogP contribution in [0.15, 0.2) is 48.5 Å². The fourth-order valence-electron chi connectivity index (χ4n) is 1.82.